The van der Waals surface area contributed by atoms with Gasteiger partial charge in [-0.05, 0) is 48.5 Å². The second-order valence-electron chi connectivity index (χ2n) is 10.9. The van der Waals surface area contributed by atoms with E-state index >= 15 is 0 Å². The fourth-order valence-electron chi connectivity index (χ4n) is 3.30. The van der Waals surface area contributed by atoms with Crippen LogP contribution in [0.2, 0.25) is 18.1 Å². The molecule has 0 spiro atoms. The number of anilines is 2. The van der Waals surface area contributed by atoms with Crippen LogP contribution in [0.5, 0.6) is 0 Å². The van der Waals surface area contributed by atoms with E-state index in [4.69, 9.17) is 28.1 Å². The zero-order valence-electron chi connectivity index (χ0n) is 25.2. The summed E-state index contributed by atoms with van der Waals surface area (Å²) in [6, 6.07) is 11.2. The van der Waals surface area contributed by atoms with E-state index < -0.39 is 26.0 Å². The molecule has 0 heterocycles. The van der Waals surface area contributed by atoms with Crippen molar-refractivity contribution >= 4 is 25.7 Å². The average molecular weight is 616 g/mol. The summed E-state index contributed by atoms with van der Waals surface area (Å²) in [4.78, 5) is 12.5. The van der Waals surface area contributed by atoms with Crippen LogP contribution in [0, 0.1) is 0 Å². The molecule has 0 fully saturated rings. The number of halogens is 3. The molecule has 0 saturated heterocycles. The summed E-state index contributed by atoms with van der Waals surface area (Å²) in [7, 11) is -1.74. The zero-order valence-corrected chi connectivity index (χ0v) is 26.2. The van der Waals surface area contributed by atoms with Gasteiger partial charge in [0.2, 0.25) is 0 Å². The normalized spacial score (nSPS) is 12.4. The first-order valence-electron chi connectivity index (χ1n) is 14.0. The number of nitrogens with one attached hydrogen (secondary N) is 1. The number of alkyl halides is 3. The number of hydrogen-bond donors (Lipinski definition) is 1. The van der Waals surface area contributed by atoms with E-state index in [-0.39, 0.29) is 29.5 Å². The lowest BCUT2D eigenvalue weighted by Gasteiger charge is -2.36. The summed E-state index contributed by atoms with van der Waals surface area (Å²) in [5.74, 6) is -0.617. The second kappa shape index (κ2) is 17.6. The maximum absolute atomic E-state index is 13.0. The van der Waals surface area contributed by atoms with Gasteiger partial charge < -0.3 is 33.4 Å². The van der Waals surface area contributed by atoms with Crippen molar-refractivity contribution in [3.8, 4) is 0 Å². The Bertz CT molecular complexity index is 1080. The van der Waals surface area contributed by atoms with Crippen LogP contribution < -0.4 is 5.32 Å². The molecule has 42 heavy (non-hydrogen) atoms. The lowest BCUT2D eigenvalue weighted by Crippen LogP contribution is -2.41. The highest BCUT2D eigenvalue weighted by Gasteiger charge is 2.36. The molecule has 0 atom stereocenters. The average Bonchev–Trinajstić information content (AvgIpc) is 2.92. The highest BCUT2D eigenvalue weighted by molar-refractivity contribution is 6.74. The summed E-state index contributed by atoms with van der Waals surface area (Å²) in [6.07, 6.45) is -4.47. The maximum atomic E-state index is 13.0. The summed E-state index contributed by atoms with van der Waals surface area (Å²) < 4.78 is 72.3. The van der Waals surface area contributed by atoms with Gasteiger partial charge in [0.05, 0.1) is 76.3 Å². The van der Waals surface area contributed by atoms with Gasteiger partial charge >= 0.3 is 12.1 Å². The monoisotopic (exact) mass is 615 g/mol. The summed E-state index contributed by atoms with van der Waals surface area (Å²) >= 11 is 0. The lowest BCUT2D eigenvalue weighted by atomic mass is 10.1. The molecule has 2 aromatic rings. The smallest absolute Gasteiger partial charge is 0.416 e. The molecule has 2 rings (SSSR count). The van der Waals surface area contributed by atoms with Crippen LogP contribution in [0.15, 0.2) is 48.5 Å². The molecule has 0 aliphatic rings. The van der Waals surface area contributed by atoms with E-state index in [1.165, 1.54) is 18.2 Å². The molecule has 12 heteroatoms. The van der Waals surface area contributed by atoms with Crippen molar-refractivity contribution in [1.29, 1.82) is 0 Å². The SMILES string of the molecule is CC(C)(C)[Si](C)(C)OCCOCCOCCOCCOCCOC(=O)c1ccccc1Nc1cccc(C(F)(F)F)c1. The minimum atomic E-state index is -4.47. The fraction of sp³-hybridized carbons (Fsp3) is 0.567. The number of esters is 1. The van der Waals surface area contributed by atoms with Gasteiger partial charge in [0, 0.05) is 5.69 Å². The molecule has 1 N–H and O–H groups in total. The Morgan fingerprint density at radius 1 is 0.738 bits per heavy atom. The number of para-hydroxylation sites is 1. The van der Waals surface area contributed by atoms with Crippen molar-refractivity contribution in [2.75, 3.05) is 71.4 Å². The Morgan fingerprint density at radius 2 is 1.26 bits per heavy atom. The van der Waals surface area contributed by atoms with Gasteiger partial charge in [0.1, 0.15) is 6.61 Å². The molecule has 236 valence electrons. The topological polar surface area (TPSA) is 84.5 Å². The Hall–Kier alpha value is -2.48. The zero-order chi connectivity index (χ0) is 31.1. The Morgan fingerprint density at radius 3 is 1.81 bits per heavy atom. The van der Waals surface area contributed by atoms with Crippen LogP contribution in [0.25, 0.3) is 0 Å². The number of carbonyl (C=O) groups excluding carboxylic acids is 1. The Balaban J connectivity index is 1.51. The van der Waals surface area contributed by atoms with Crippen LogP contribution in [0.4, 0.5) is 24.5 Å². The molecule has 0 aliphatic heterocycles. The molecule has 0 aliphatic carbocycles. The van der Waals surface area contributed by atoms with Gasteiger partial charge in [0.25, 0.3) is 0 Å². The molecular formula is C30H44F3NO7Si. The van der Waals surface area contributed by atoms with Gasteiger partial charge in [-0.25, -0.2) is 4.79 Å². The third-order valence-corrected chi connectivity index (χ3v) is 11.2. The molecule has 0 radical (unpaired) electrons. The van der Waals surface area contributed by atoms with Crippen LogP contribution in [-0.2, 0) is 34.3 Å². The van der Waals surface area contributed by atoms with E-state index in [2.05, 4.69) is 39.2 Å². The first-order valence-corrected chi connectivity index (χ1v) is 16.9. The van der Waals surface area contributed by atoms with Crippen LogP contribution >= 0.6 is 0 Å². The van der Waals surface area contributed by atoms with Crippen molar-refractivity contribution in [1.82, 2.24) is 0 Å². The number of ether oxygens (including phenoxy) is 5. The predicted octanol–water partition coefficient (Wildman–Crippen LogP) is 6.69. The van der Waals surface area contributed by atoms with Crippen molar-refractivity contribution in [3.05, 3.63) is 59.7 Å². The third-order valence-electron chi connectivity index (χ3n) is 6.69. The molecule has 8 nitrogen and oxygen atoms in total. The first-order chi connectivity index (χ1) is 19.8. The van der Waals surface area contributed by atoms with Crippen molar-refractivity contribution in [2.45, 2.75) is 45.1 Å². The van der Waals surface area contributed by atoms with Gasteiger partial charge in [-0.15, -0.1) is 0 Å². The summed E-state index contributed by atoms with van der Waals surface area (Å²) in [5, 5.41) is 3.04. The summed E-state index contributed by atoms with van der Waals surface area (Å²) in [5.41, 5.74) is -0.0524. The van der Waals surface area contributed by atoms with Crippen molar-refractivity contribution in [3.63, 3.8) is 0 Å². The molecule has 0 amide bonds. The quantitative estimate of drug-likeness (QED) is 0.106. The van der Waals surface area contributed by atoms with E-state index in [0.717, 1.165) is 12.1 Å². The standard InChI is InChI=1S/C30H44F3NO7Si/c1-29(2,3)42(4,5)41-22-20-39-18-16-37-14-13-36-15-17-38-19-21-40-28(35)26-11-6-7-12-27(26)34-25-10-8-9-24(23-25)30(31,32)33/h6-12,23,34H,13-22H2,1-5H3. The Kier molecular flexibility index (Phi) is 15.0. The summed E-state index contributed by atoms with van der Waals surface area (Å²) in [6.45, 7) is 14.9. The van der Waals surface area contributed by atoms with Gasteiger partial charge in [-0.3, -0.25) is 0 Å². The highest BCUT2D eigenvalue weighted by Crippen LogP contribution is 2.36. The third kappa shape index (κ3) is 13.2. The maximum Gasteiger partial charge on any atom is 0.416 e. The second-order valence-corrected chi connectivity index (χ2v) is 15.8. The molecule has 2 aromatic carbocycles. The van der Waals surface area contributed by atoms with E-state index in [9.17, 15) is 18.0 Å². The van der Waals surface area contributed by atoms with Gasteiger partial charge in [0.15, 0.2) is 8.32 Å². The lowest BCUT2D eigenvalue weighted by molar-refractivity contribution is -0.137. The van der Waals surface area contributed by atoms with Crippen molar-refractivity contribution in [2.24, 2.45) is 0 Å². The molecule has 0 unspecified atom stereocenters. The predicted molar refractivity (Wildman–Crippen MR) is 158 cm³/mol. The molecule has 0 saturated carbocycles. The van der Waals surface area contributed by atoms with Crippen LogP contribution in [0.3, 0.4) is 0 Å². The van der Waals surface area contributed by atoms with E-state index in [1.807, 2.05) is 0 Å². The number of hydrogen-bond acceptors (Lipinski definition) is 8. The first kappa shape index (κ1) is 35.7. The fourth-order valence-corrected chi connectivity index (χ4v) is 4.33. The molecule has 0 aromatic heterocycles. The minimum absolute atomic E-state index is 0.0146. The van der Waals surface area contributed by atoms with Crippen LogP contribution in [0.1, 0.15) is 36.7 Å². The van der Waals surface area contributed by atoms with Gasteiger partial charge in [-0.2, -0.15) is 13.2 Å². The number of benzene rings is 2. The highest BCUT2D eigenvalue weighted by atomic mass is 28.4. The van der Waals surface area contributed by atoms with E-state index in [1.54, 1.807) is 18.2 Å². The largest absolute Gasteiger partial charge is 0.460 e. The van der Waals surface area contributed by atoms with Crippen LogP contribution in [-0.4, -0.2) is 80.4 Å². The Labute approximate surface area is 247 Å². The number of carbonyl (C=O) groups is 1. The van der Waals surface area contributed by atoms with Crippen molar-refractivity contribution < 1.29 is 46.1 Å². The molecule has 0 bridgehead atoms. The van der Waals surface area contributed by atoms with E-state index in [0.29, 0.717) is 58.5 Å². The molecular weight excluding hydrogens is 571 g/mol. The minimum Gasteiger partial charge on any atom is -0.460 e. The van der Waals surface area contributed by atoms with Gasteiger partial charge in [-0.1, -0.05) is 39.0 Å². The number of rotatable bonds is 19.